The first-order valence-electron chi connectivity index (χ1n) is 6.96. The first-order valence-corrected chi connectivity index (χ1v) is 8.46. The van der Waals surface area contributed by atoms with Crippen LogP contribution in [0.1, 0.15) is 12.0 Å². The summed E-state index contributed by atoms with van der Waals surface area (Å²) in [6, 6.07) is 9.13. The Hall–Kier alpha value is -1.21. The summed E-state index contributed by atoms with van der Waals surface area (Å²) in [5, 5.41) is 11.0. The van der Waals surface area contributed by atoms with Gasteiger partial charge in [-0.3, -0.25) is 0 Å². The van der Waals surface area contributed by atoms with Gasteiger partial charge in [-0.2, -0.15) is 4.31 Å². The number of aliphatic hydroxyl groups is 1. The molecule has 1 saturated heterocycles. The van der Waals surface area contributed by atoms with E-state index in [1.54, 1.807) is 6.08 Å². The summed E-state index contributed by atoms with van der Waals surface area (Å²) in [7, 11) is 0.276. The molecule has 1 aliphatic heterocycles. The topological polar surface area (TPSA) is 60.9 Å². The molecule has 1 N–H and O–H groups in total. The van der Waals surface area contributed by atoms with Gasteiger partial charge in [-0.25, -0.2) is 8.42 Å². The average molecular weight is 310 g/mol. The molecule has 0 amide bonds. The maximum absolute atomic E-state index is 12.5. The molecule has 0 spiro atoms. The molecular weight excluding hydrogens is 288 g/mol. The fraction of sp³-hybridized carbons (Fsp3) is 0.467. The van der Waals surface area contributed by atoms with Gasteiger partial charge in [0.15, 0.2) is 0 Å². The van der Waals surface area contributed by atoms with Crippen molar-refractivity contribution in [3.63, 3.8) is 0 Å². The van der Waals surface area contributed by atoms with Gasteiger partial charge in [-0.15, -0.1) is 0 Å². The zero-order valence-corrected chi connectivity index (χ0v) is 13.2. The third kappa shape index (κ3) is 4.38. The van der Waals surface area contributed by atoms with Crippen molar-refractivity contribution in [2.24, 2.45) is 0 Å². The SMILES string of the molecule is CN(C)CC1CC(O)CN1S(=O)(=O)C=Cc1ccccc1. The predicted octanol–water partition coefficient (Wildman–Crippen LogP) is 0.984. The van der Waals surface area contributed by atoms with E-state index in [0.29, 0.717) is 13.0 Å². The van der Waals surface area contributed by atoms with Crippen molar-refractivity contribution >= 4 is 16.1 Å². The van der Waals surface area contributed by atoms with Crippen LogP contribution in [0.4, 0.5) is 0 Å². The standard InChI is InChI=1S/C15H22N2O3S/c1-16(2)11-14-10-15(18)12-17(14)21(19,20)9-8-13-6-4-3-5-7-13/h3-9,14-15,18H,10-12H2,1-2H3. The van der Waals surface area contributed by atoms with Crippen LogP contribution in [-0.2, 0) is 10.0 Å². The van der Waals surface area contributed by atoms with Crippen LogP contribution >= 0.6 is 0 Å². The van der Waals surface area contributed by atoms with Gasteiger partial charge in [0, 0.05) is 24.5 Å². The molecule has 0 aromatic heterocycles. The molecule has 1 fully saturated rings. The molecule has 0 bridgehead atoms. The van der Waals surface area contributed by atoms with E-state index in [4.69, 9.17) is 0 Å². The maximum Gasteiger partial charge on any atom is 0.236 e. The first kappa shape index (κ1) is 16.2. The number of rotatable bonds is 5. The van der Waals surface area contributed by atoms with Gasteiger partial charge < -0.3 is 10.0 Å². The van der Waals surface area contributed by atoms with Crippen LogP contribution in [0.15, 0.2) is 35.7 Å². The first-order chi connectivity index (χ1) is 9.88. The fourth-order valence-electron chi connectivity index (χ4n) is 2.57. The molecular formula is C15H22N2O3S. The van der Waals surface area contributed by atoms with E-state index in [1.807, 2.05) is 49.3 Å². The van der Waals surface area contributed by atoms with Gasteiger partial charge in [-0.1, -0.05) is 30.3 Å². The fourth-order valence-corrected chi connectivity index (χ4v) is 4.00. The second kappa shape index (κ2) is 6.70. The lowest BCUT2D eigenvalue weighted by Gasteiger charge is -2.24. The Balaban J connectivity index is 2.16. The number of benzene rings is 1. The van der Waals surface area contributed by atoms with Crippen LogP contribution in [0.5, 0.6) is 0 Å². The van der Waals surface area contributed by atoms with E-state index in [1.165, 1.54) is 9.71 Å². The monoisotopic (exact) mass is 310 g/mol. The number of likely N-dealkylation sites (N-methyl/N-ethyl adjacent to an activating group) is 1. The second-order valence-corrected chi connectivity index (χ2v) is 7.40. The number of hydrogen-bond acceptors (Lipinski definition) is 4. The van der Waals surface area contributed by atoms with Gasteiger partial charge in [0.2, 0.25) is 10.0 Å². The average Bonchev–Trinajstić information content (AvgIpc) is 2.78. The molecule has 0 aliphatic carbocycles. The maximum atomic E-state index is 12.5. The molecule has 0 saturated carbocycles. The van der Waals surface area contributed by atoms with Crippen molar-refractivity contribution in [1.29, 1.82) is 0 Å². The minimum Gasteiger partial charge on any atom is -0.392 e. The van der Waals surface area contributed by atoms with Crippen molar-refractivity contribution in [2.75, 3.05) is 27.2 Å². The zero-order valence-electron chi connectivity index (χ0n) is 12.4. The lowest BCUT2D eigenvalue weighted by molar-refractivity contribution is 0.188. The van der Waals surface area contributed by atoms with E-state index >= 15 is 0 Å². The quantitative estimate of drug-likeness (QED) is 0.881. The van der Waals surface area contributed by atoms with Crippen LogP contribution in [-0.4, -0.2) is 62.1 Å². The van der Waals surface area contributed by atoms with Crippen molar-refractivity contribution in [3.05, 3.63) is 41.3 Å². The lowest BCUT2D eigenvalue weighted by atomic mass is 10.2. The van der Waals surface area contributed by atoms with Crippen LogP contribution in [0.2, 0.25) is 0 Å². The molecule has 0 radical (unpaired) electrons. The van der Waals surface area contributed by atoms with Crippen molar-refractivity contribution in [1.82, 2.24) is 9.21 Å². The normalized spacial score (nSPS) is 24.2. The molecule has 1 heterocycles. The van der Waals surface area contributed by atoms with Gasteiger partial charge in [0.25, 0.3) is 0 Å². The van der Waals surface area contributed by atoms with Gasteiger partial charge >= 0.3 is 0 Å². The highest BCUT2D eigenvalue weighted by Crippen LogP contribution is 2.23. The number of sulfonamides is 1. The van der Waals surface area contributed by atoms with E-state index in [-0.39, 0.29) is 12.6 Å². The number of β-amino-alcohol motifs (C(OH)–C–C–N with tert-alkyl or cyclic N) is 1. The molecule has 2 unspecified atom stereocenters. The highest BCUT2D eigenvalue weighted by molar-refractivity contribution is 7.92. The van der Waals surface area contributed by atoms with Crippen LogP contribution in [0, 0.1) is 0 Å². The van der Waals surface area contributed by atoms with Crippen molar-refractivity contribution < 1.29 is 13.5 Å². The number of nitrogens with zero attached hydrogens (tertiary/aromatic N) is 2. The molecule has 2 rings (SSSR count). The van der Waals surface area contributed by atoms with Crippen molar-refractivity contribution in [3.8, 4) is 0 Å². The Morgan fingerprint density at radius 1 is 1.33 bits per heavy atom. The summed E-state index contributed by atoms with van der Waals surface area (Å²) in [6.45, 7) is 0.773. The minimum absolute atomic E-state index is 0.167. The Labute approximate surface area is 126 Å². The smallest absolute Gasteiger partial charge is 0.236 e. The van der Waals surface area contributed by atoms with Crippen LogP contribution in [0.3, 0.4) is 0 Å². The second-order valence-electron chi connectivity index (χ2n) is 5.63. The largest absolute Gasteiger partial charge is 0.392 e. The molecule has 1 aromatic carbocycles. The Morgan fingerprint density at radius 2 is 2.00 bits per heavy atom. The van der Waals surface area contributed by atoms with E-state index in [0.717, 1.165) is 5.56 Å². The number of hydrogen-bond donors (Lipinski definition) is 1. The van der Waals surface area contributed by atoms with Crippen molar-refractivity contribution in [2.45, 2.75) is 18.6 Å². The minimum atomic E-state index is -3.52. The van der Waals surface area contributed by atoms with Gasteiger partial charge in [0.05, 0.1) is 6.10 Å². The Bertz CT molecular complexity index is 584. The Morgan fingerprint density at radius 3 is 2.62 bits per heavy atom. The van der Waals surface area contributed by atoms with Gasteiger partial charge in [-0.05, 0) is 32.2 Å². The van der Waals surface area contributed by atoms with E-state index in [2.05, 4.69) is 0 Å². The lowest BCUT2D eigenvalue weighted by Crippen LogP contribution is -2.40. The molecule has 21 heavy (non-hydrogen) atoms. The predicted molar refractivity (Wildman–Crippen MR) is 84.1 cm³/mol. The van der Waals surface area contributed by atoms with Crippen LogP contribution in [0.25, 0.3) is 6.08 Å². The zero-order chi connectivity index (χ0) is 15.5. The summed E-state index contributed by atoms with van der Waals surface area (Å²) in [5.74, 6) is 0. The molecule has 2 atom stereocenters. The van der Waals surface area contributed by atoms with E-state index < -0.39 is 16.1 Å². The molecule has 6 heteroatoms. The third-order valence-corrected chi connectivity index (χ3v) is 5.06. The molecule has 1 aromatic rings. The molecule has 116 valence electrons. The van der Waals surface area contributed by atoms with E-state index in [9.17, 15) is 13.5 Å². The molecule has 1 aliphatic rings. The molecule has 5 nitrogen and oxygen atoms in total. The third-order valence-electron chi connectivity index (χ3n) is 3.48. The summed E-state index contributed by atoms with van der Waals surface area (Å²) in [6.07, 6.45) is 1.48. The summed E-state index contributed by atoms with van der Waals surface area (Å²) in [5.41, 5.74) is 0.838. The summed E-state index contributed by atoms with van der Waals surface area (Å²) < 4.78 is 26.3. The Kier molecular flexibility index (Phi) is 5.16. The highest BCUT2D eigenvalue weighted by Gasteiger charge is 2.37. The summed E-state index contributed by atoms with van der Waals surface area (Å²) >= 11 is 0. The van der Waals surface area contributed by atoms with Crippen LogP contribution < -0.4 is 0 Å². The van der Waals surface area contributed by atoms with Gasteiger partial charge in [0.1, 0.15) is 0 Å². The highest BCUT2D eigenvalue weighted by atomic mass is 32.2. The summed E-state index contributed by atoms with van der Waals surface area (Å²) in [4.78, 5) is 1.94. The number of aliphatic hydroxyl groups excluding tert-OH is 1.